The van der Waals surface area contributed by atoms with Crippen molar-refractivity contribution in [2.75, 3.05) is 34.4 Å². The lowest BCUT2D eigenvalue weighted by atomic mass is 9.90. The van der Waals surface area contributed by atoms with Crippen molar-refractivity contribution >= 4 is 12.0 Å². The normalized spacial score (nSPS) is 15.9. The Hall–Kier alpha value is -2.44. The van der Waals surface area contributed by atoms with Crippen molar-refractivity contribution in [3.63, 3.8) is 0 Å². The molecule has 0 radical (unpaired) electrons. The maximum Gasteiger partial charge on any atom is 0.317 e. The Labute approximate surface area is 161 Å². The molecule has 0 spiro atoms. The third-order valence-electron chi connectivity index (χ3n) is 4.85. The molecule has 1 aliphatic heterocycles. The van der Waals surface area contributed by atoms with Gasteiger partial charge in [0.1, 0.15) is 0 Å². The topological polar surface area (TPSA) is 77.1 Å². The summed E-state index contributed by atoms with van der Waals surface area (Å²) in [5.41, 5.74) is 1.94. The molecule has 1 N–H and O–H groups in total. The predicted octanol–water partition coefficient (Wildman–Crippen LogP) is 2.92. The summed E-state index contributed by atoms with van der Waals surface area (Å²) >= 11 is 0. The van der Waals surface area contributed by atoms with E-state index in [0.717, 1.165) is 17.5 Å². The van der Waals surface area contributed by atoms with Gasteiger partial charge in [-0.3, -0.25) is 4.79 Å². The first-order valence-electron chi connectivity index (χ1n) is 9.27. The molecular formula is C20H30N2O5. The van der Waals surface area contributed by atoms with Crippen molar-refractivity contribution < 1.29 is 23.8 Å². The lowest BCUT2D eigenvalue weighted by molar-refractivity contribution is -0.141. The SMILES string of the molecule is COC(=O)CC1c2cc(OC)c(OC)cc2CCN1C(=O)NCCC(C)C. The van der Waals surface area contributed by atoms with Crippen LogP contribution >= 0.6 is 0 Å². The molecular weight excluding hydrogens is 348 g/mol. The van der Waals surface area contributed by atoms with Crippen LogP contribution in [0.1, 0.15) is 43.9 Å². The summed E-state index contributed by atoms with van der Waals surface area (Å²) in [7, 11) is 4.51. The monoisotopic (exact) mass is 378 g/mol. The number of urea groups is 1. The average Bonchev–Trinajstić information content (AvgIpc) is 2.66. The van der Waals surface area contributed by atoms with Gasteiger partial charge in [0, 0.05) is 13.1 Å². The zero-order valence-electron chi connectivity index (χ0n) is 16.8. The Balaban J connectivity index is 2.31. The Bertz CT molecular complexity index is 675. The highest BCUT2D eigenvalue weighted by molar-refractivity contribution is 5.77. The maximum atomic E-state index is 12.8. The van der Waals surface area contributed by atoms with Crippen LogP contribution in [0.4, 0.5) is 4.79 Å². The van der Waals surface area contributed by atoms with Crippen LogP contribution in [0, 0.1) is 5.92 Å². The van der Waals surface area contributed by atoms with Crippen LogP contribution in [-0.2, 0) is 16.0 Å². The van der Waals surface area contributed by atoms with Gasteiger partial charge in [-0.25, -0.2) is 4.79 Å². The summed E-state index contributed by atoms with van der Waals surface area (Å²) in [5.74, 6) is 1.37. The summed E-state index contributed by atoms with van der Waals surface area (Å²) in [4.78, 5) is 26.5. The number of esters is 1. The molecule has 1 atom stereocenters. The van der Waals surface area contributed by atoms with E-state index in [1.807, 2.05) is 12.1 Å². The number of carbonyl (C=O) groups is 2. The Kier molecular flexibility index (Phi) is 7.33. The predicted molar refractivity (Wildman–Crippen MR) is 102 cm³/mol. The van der Waals surface area contributed by atoms with Crippen molar-refractivity contribution in [3.8, 4) is 11.5 Å². The third-order valence-corrected chi connectivity index (χ3v) is 4.85. The fraction of sp³-hybridized carbons (Fsp3) is 0.600. The summed E-state index contributed by atoms with van der Waals surface area (Å²) in [6.07, 6.45) is 1.68. The fourth-order valence-corrected chi connectivity index (χ4v) is 3.30. The summed E-state index contributed by atoms with van der Waals surface area (Å²) in [6, 6.07) is 3.21. The highest BCUT2D eigenvalue weighted by Gasteiger charge is 2.34. The quantitative estimate of drug-likeness (QED) is 0.738. The van der Waals surface area contributed by atoms with E-state index in [1.165, 1.54) is 7.11 Å². The van der Waals surface area contributed by atoms with E-state index in [2.05, 4.69) is 19.2 Å². The van der Waals surface area contributed by atoms with E-state index in [-0.39, 0.29) is 18.4 Å². The number of fused-ring (bicyclic) bond motifs is 1. The van der Waals surface area contributed by atoms with Gasteiger partial charge in [0.2, 0.25) is 0 Å². The van der Waals surface area contributed by atoms with E-state index in [0.29, 0.717) is 36.9 Å². The number of nitrogens with one attached hydrogen (secondary N) is 1. The minimum Gasteiger partial charge on any atom is -0.493 e. The molecule has 0 bridgehead atoms. The smallest absolute Gasteiger partial charge is 0.317 e. The van der Waals surface area contributed by atoms with Crippen LogP contribution in [0.3, 0.4) is 0 Å². The van der Waals surface area contributed by atoms with E-state index >= 15 is 0 Å². The highest BCUT2D eigenvalue weighted by atomic mass is 16.5. The number of amides is 2. The number of hydrogen-bond acceptors (Lipinski definition) is 5. The number of hydrogen-bond donors (Lipinski definition) is 1. The molecule has 2 amide bonds. The summed E-state index contributed by atoms with van der Waals surface area (Å²) in [5, 5.41) is 2.97. The van der Waals surface area contributed by atoms with Crippen LogP contribution in [0.25, 0.3) is 0 Å². The molecule has 150 valence electrons. The summed E-state index contributed by atoms with van der Waals surface area (Å²) < 4.78 is 15.6. The van der Waals surface area contributed by atoms with Gasteiger partial charge in [0.15, 0.2) is 11.5 Å². The molecule has 7 heteroatoms. The second-order valence-electron chi connectivity index (χ2n) is 7.06. The molecule has 2 rings (SSSR count). The second kappa shape index (κ2) is 9.48. The Morgan fingerprint density at radius 3 is 2.44 bits per heavy atom. The van der Waals surface area contributed by atoms with Crippen LogP contribution in [0.15, 0.2) is 12.1 Å². The first kappa shape index (κ1) is 20.9. The highest BCUT2D eigenvalue weighted by Crippen LogP contribution is 2.39. The van der Waals surface area contributed by atoms with Gasteiger partial charge in [-0.15, -0.1) is 0 Å². The van der Waals surface area contributed by atoms with Crippen molar-refractivity contribution in [1.29, 1.82) is 0 Å². The van der Waals surface area contributed by atoms with E-state index < -0.39 is 6.04 Å². The molecule has 1 aromatic rings. The first-order valence-corrected chi connectivity index (χ1v) is 9.27. The average molecular weight is 378 g/mol. The molecule has 1 aliphatic rings. The minimum absolute atomic E-state index is 0.0938. The minimum atomic E-state index is -0.403. The van der Waals surface area contributed by atoms with Crippen LogP contribution in [0.2, 0.25) is 0 Å². The van der Waals surface area contributed by atoms with Gasteiger partial charge < -0.3 is 24.4 Å². The van der Waals surface area contributed by atoms with E-state index in [4.69, 9.17) is 14.2 Å². The Morgan fingerprint density at radius 2 is 1.85 bits per heavy atom. The van der Waals surface area contributed by atoms with Crippen LogP contribution in [0.5, 0.6) is 11.5 Å². The molecule has 0 saturated heterocycles. The van der Waals surface area contributed by atoms with Gasteiger partial charge in [0.25, 0.3) is 0 Å². The number of benzene rings is 1. The number of methoxy groups -OCH3 is 3. The number of carbonyl (C=O) groups excluding carboxylic acids is 2. The van der Waals surface area contributed by atoms with Gasteiger partial charge in [0.05, 0.1) is 33.8 Å². The van der Waals surface area contributed by atoms with Gasteiger partial charge >= 0.3 is 12.0 Å². The standard InChI is InChI=1S/C20H30N2O5/c1-13(2)6-8-21-20(24)22-9-7-14-10-17(25-3)18(26-4)11-15(14)16(22)12-19(23)27-5/h10-11,13,16H,6-9,12H2,1-5H3,(H,21,24). The van der Waals surface area contributed by atoms with E-state index in [9.17, 15) is 9.59 Å². The van der Waals surface area contributed by atoms with Gasteiger partial charge in [-0.05, 0) is 42.0 Å². The molecule has 0 aliphatic carbocycles. The Morgan fingerprint density at radius 1 is 1.19 bits per heavy atom. The molecule has 1 unspecified atom stereocenters. The number of nitrogens with zero attached hydrogens (tertiary/aromatic N) is 1. The maximum absolute atomic E-state index is 12.8. The molecule has 1 aromatic carbocycles. The number of ether oxygens (including phenoxy) is 3. The lowest BCUT2D eigenvalue weighted by Gasteiger charge is -2.37. The van der Waals surface area contributed by atoms with Crippen LogP contribution < -0.4 is 14.8 Å². The summed E-state index contributed by atoms with van der Waals surface area (Å²) in [6.45, 7) is 5.36. The molecule has 27 heavy (non-hydrogen) atoms. The fourth-order valence-electron chi connectivity index (χ4n) is 3.30. The third kappa shape index (κ3) is 5.05. The molecule has 0 saturated carbocycles. The zero-order valence-corrected chi connectivity index (χ0v) is 16.8. The van der Waals surface area contributed by atoms with Gasteiger partial charge in [-0.2, -0.15) is 0 Å². The molecule has 0 aromatic heterocycles. The molecule has 1 heterocycles. The zero-order chi connectivity index (χ0) is 20.0. The van der Waals surface area contributed by atoms with Crippen molar-refractivity contribution in [2.45, 2.75) is 39.2 Å². The van der Waals surface area contributed by atoms with Gasteiger partial charge in [-0.1, -0.05) is 13.8 Å². The number of rotatable bonds is 7. The van der Waals surface area contributed by atoms with Crippen molar-refractivity contribution in [1.82, 2.24) is 10.2 Å². The second-order valence-corrected chi connectivity index (χ2v) is 7.06. The van der Waals surface area contributed by atoms with E-state index in [1.54, 1.807) is 19.1 Å². The van der Waals surface area contributed by atoms with Crippen LogP contribution in [-0.4, -0.2) is 51.3 Å². The molecule has 0 fully saturated rings. The van der Waals surface area contributed by atoms with Crippen molar-refractivity contribution in [2.24, 2.45) is 5.92 Å². The lowest BCUT2D eigenvalue weighted by Crippen LogP contribution is -2.46. The molecule has 7 nitrogen and oxygen atoms in total. The largest absolute Gasteiger partial charge is 0.493 e. The van der Waals surface area contributed by atoms with Crippen molar-refractivity contribution in [3.05, 3.63) is 23.3 Å². The first-order chi connectivity index (χ1) is 12.9.